The van der Waals surface area contributed by atoms with Crippen LogP contribution in [0.15, 0.2) is 30.5 Å². The zero-order valence-electron chi connectivity index (χ0n) is 16.7. The highest BCUT2D eigenvalue weighted by Crippen LogP contribution is 2.38. The Morgan fingerprint density at radius 1 is 1.30 bits per heavy atom. The van der Waals surface area contributed by atoms with Gasteiger partial charge in [-0.05, 0) is 50.6 Å². The molecule has 3 heterocycles. The minimum absolute atomic E-state index is 0.00961. The zero-order chi connectivity index (χ0) is 21.8. The van der Waals surface area contributed by atoms with E-state index < -0.39 is 17.5 Å². The van der Waals surface area contributed by atoms with E-state index in [2.05, 4.69) is 15.4 Å². The molecule has 0 bridgehead atoms. The Bertz CT molecular complexity index is 1130. The van der Waals surface area contributed by atoms with Crippen LogP contribution >= 0.6 is 0 Å². The molecule has 1 fully saturated rings. The highest BCUT2D eigenvalue weighted by atomic mass is 19.4. The van der Waals surface area contributed by atoms with Crippen molar-refractivity contribution in [1.29, 1.82) is 0 Å². The number of halogens is 3. The monoisotopic (exact) mass is 418 g/mol. The van der Waals surface area contributed by atoms with E-state index in [-0.39, 0.29) is 28.5 Å². The molecule has 2 N–H and O–H groups in total. The van der Waals surface area contributed by atoms with E-state index in [1.165, 1.54) is 6.92 Å². The second-order valence-corrected chi connectivity index (χ2v) is 8.32. The van der Waals surface area contributed by atoms with Crippen LogP contribution in [0.1, 0.15) is 31.4 Å². The summed E-state index contributed by atoms with van der Waals surface area (Å²) in [5.74, 6) is -0.402. The summed E-state index contributed by atoms with van der Waals surface area (Å²) in [6, 6.07) is 5.11. The average Bonchev–Trinajstić information content (AvgIpc) is 3.12. The minimum Gasteiger partial charge on any atom is -0.507 e. The summed E-state index contributed by atoms with van der Waals surface area (Å²) < 4.78 is 40.7. The van der Waals surface area contributed by atoms with E-state index in [0.29, 0.717) is 30.4 Å². The molecule has 1 amide bonds. The smallest absolute Gasteiger partial charge is 0.416 e. The van der Waals surface area contributed by atoms with Crippen LogP contribution in [0.25, 0.3) is 22.3 Å². The third kappa shape index (κ3) is 3.59. The molecule has 0 saturated carbocycles. The van der Waals surface area contributed by atoms with Gasteiger partial charge in [0.25, 0.3) is 0 Å². The van der Waals surface area contributed by atoms with Gasteiger partial charge in [0.1, 0.15) is 5.75 Å². The fourth-order valence-electron chi connectivity index (χ4n) is 3.96. The van der Waals surface area contributed by atoms with Crippen molar-refractivity contribution in [3.05, 3.63) is 41.6 Å². The van der Waals surface area contributed by atoms with E-state index in [4.69, 9.17) is 0 Å². The normalized spacial score (nSPS) is 18.7. The lowest BCUT2D eigenvalue weighted by atomic mass is 9.89. The van der Waals surface area contributed by atoms with Crippen molar-refractivity contribution >= 4 is 16.9 Å². The number of hydrogen-bond acceptors (Lipinski definition) is 4. The van der Waals surface area contributed by atoms with Crippen molar-refractivity contribution in [2.45, 2.75) is 45.5 Å². The van der Waals surface area contributed by atoms with Crippen LogP contribution in [0.5, 0.6) is 5.75 Å². The van der Waals surface area contributed by atoms with Gasteiger partial charge in [0, 0.05) is 41.6 Å². The van der Waals surface area contributed by atoms with Gasteiger partial charge in [-0.2, -0.15) is 18.3 Å². The number of phenols is 1. The maximum Gasteiger partial charge on any atom is 0.416 e. The molecular formula is C21H21F3N4O2. The van der Waals surface area contributed by atoms with Crippen LogP contribution < -0.4 is 5.32 Å². The van der Waals surface area contributed by atoms with Gasteiger partial charge in [-0.3, -0.25) is 9.48 Å². The number of nitrogens with zero attached hydrogens (tertiary/aromatic N) is 3. The molecular weight excluding hydrogens is 397 g/mol. The van der Waals surface area contributed by atoms with E-state index in [1.807, 2.05) is 20.0 Å². The molecule has 1 aromatic carbocycles. The molecule has 1 atom stereocenters. The van der Waals surface area contributed by atoms with Crippen LogP contribution in [-0.4, -0.2) is 31.3 Å². The molecule has 2 aromatic heterocycles. The molecule has 0 aliphatic carbocycles. The number of pyridine rings is 1. The Kier molecular flexibility index (Phi) is 4.52. The van der Waals surface area contributed by atoms with Gasteiger partial charge in [0.2, 0.25) is 5.91 Å². The summed E-state index contributed by atoms with van der Waals surface area (Å²) in [7, 11) is 0. The van der Waals surface area contributed by atoms with Crippen molar-refractivity contribution in [2.75, 3.05) is 0 Å². The number of aromatic nitrogens is 3. The first kappa shape index (κ1) is 20.2. The number of amides is 1. The molecule has 158 valence electrons. The third-order valence-corrected chi connectivity index (χ3v) is 5.64. The molecule has 9 heteroatoms. The number of fused-ring (bicyclic) bond motifs is 1. The fraction of sp³-hybridized carbons (Fsp3) is 0.381. The predicted octanol–water partition coefficient (Wildman–Crippen LogP) is 4.05. The highest BCUT2D eigenvalue weighted by molar-refractivity contribution is 5.81. The fourth-order valence-corrected chi connectivity index (χ4v) is 3.96. The van der Waals surface area contributed by atoms with Crippen LogP contribution in [-0.2, 0) is 17.5 Å². The first-order chi connectivity index (χ1) is 13.9. The van der Waals surface area contributed by atoms with Crippen LogP contribution in [0.2, 0.25) is 0 Å². The number of benzene rings is 1. The average molecular weight is 418 g/mol. The summed E-state index contributed by atoms with van der Waals surface area (Å²) in [6.07, 6.45) is -2.30. The van der Waals surface area contributed by atoms with Gasteiger partial charge in [0.05, 0.1) is 11.3 Å². The molecule has 30 heavy (non-hydrogen) atoms. The lowest BCUT2D eigenvalue weighted by molar-refractivity contribution is -0.137. The van der Waals surface area contributed by atoms with Gasteiger partial charge in [-0.15, -0.1) is 0 Å². The first-order valence-corrected chi connectivity index (χ1v) is 9.50. The minimum atomic E-state index is -4.54. The van der Waals surface area contributed by atoms with Gasteiger partial charge in [-0.25, -0.2) is 4.98 Å². The van der Waals surface area contributed by atoms with Gasteiger partial charge in [-0.1, -0.05) is 0 Å². The zero-order valence-corrected chi connectivity index (χ0v) is 16.7. The molecule has 4 rings (SSSR count). The Morgan fingerprint density at radius 2 is 2.03 bits per heavy atom. The number of carbonyl (C=O) groups excluding carboxylic acids is 1. The molecule has 0 unspecified atom stereocenters. The number of aryl methyl sites for hydroxylation is 1. The Hall–Kier alpha value is -3.10. The highest BCUT2D eigenvalue weighted by Gasteiger charge is 2.39. The molecule has 1 saturated heterocycles. The van der Waals surface area contributed by atoms with E-state index in [9.17, 15) is 23.1 Å². The lowest BCUT2D eigenvalue weighted by Crippen LogP contribution is -2.40. The Morgan fingerprint density at radius 3 is 2.63 bits per heavy atom. The maximum absolute atomic E-state index is 13.0. The number of carbonyl (C=O) groups is 1. The third-order valence-electron chi connectivity index (χ3n) is 5.64. The largest absolute Gasteiger partial charge is 0.507 e. The molecule has 0 radical (unpaired) electrons. The van der Waals surface area contributed by atoms with Gasteiger partial charge < -0.3 is 10.4 Å². The molecule has 3 aromatic rings. The molecule has 1 aliphatic rings. The van der Waals surface area contributed by atoms with Crippen LogP contribution in [0.3, 0.4) is 0 Å². The van der Waals surface area contributed by atoms with E-state index >= 15 is 0 Å². The van der Waals surface area contributed by atoms with Crippen molar-refractivity contribution < 1.29 is 23.1 Å². The van der Waals surface area contributed by atoms with Crippen LogP contribution in [0, 0.1) is 12.8 Å². The van der Waals surface area contributed by atoms with E-state index in [1.54, 1.807) is 16.8 Å². The van der Waals surface area contributed by atoms with Crippen molar-refractivity contribution in [1.82, 2.24) is 20.1 Å². The summed E-state index contributed by atoms with van der Waals surface area (Å²) in [5, 5.41) is 18.4. The van der Waals surface area contributed by atoms with Gasteiger partial charge >= 0.3 is 6.18 Å². The van der Waals surface area contributed by atoms with E-state index in [0.717, 1.165) is 11.5 Å². The predicted molar refractivity (Wildman–Crippen MR) is 105 cm³/mol. The van der Waals surface area contributed by atoms with Crippen LogP contribution in [0.4, 0.5) is 13.2 Å². The maximum atomic E-state index is 13.0. The number of hydrogen-bond donors (Lipinski definition) is 2. The quantitative estimate of drug-likeness (QED) is 0.673. The second-order valence-electron chi connectivity index (χ2n) is 8.32. The number of rotatable bonds is 3. The van der Waals surface area contributed by atoms with Crippen molar-refractivity contribution in [2.24, 2.45) is 5.92 Å². The molecule has 6 nitrogen and oxygen atoms in total. The summed E-state index contributed by atoms with van der Waals surface area (Å²) in [5.41, 5.74) is 0.0264. The first-order valence-electron chi connectivity index (χ1n) is 9.50. The summed E-state index contributed by atoms with van der Waals surface area (Å²) in [4.78, 5) is 16.2. The standard InChI is InChI=1S/C21H21F3N4O2/c1-11-6-13(21(22,23)24)7-16(29)18(11)15-5-4-12-9-28(27-19(12)25-15)10-14-8-17(30)26-20(14,2)3/h4-7,9,14,29H,8,10H2,1-3H3,(H,26,30)/t14-/m0/s1. The Labute approximate surface area is 170 Å². The second kappa shape index (κ2) is 6.72. The summed E-state index contributed by atoms with van der Waals surface area (Å²) in [6.45, 7) is 5.97. The molecule has 1 aliphatic heterocycles. The van der Waals surface area contributed by atoms with Crippen molar-refractivity contribution in [3.63, 3.8) is 0 Å². The number of nitrogens with one attached hydrogen (secondary N) is 1. The number of alkyl halides is 3. The topological polar surface area (TPSA) is 80.0 Å². The Balaban J connectivity index is 1.67. The molecule has 0 spiro atoms. The lowest BCUT2D eigenvalue weighted by Gasteiger charge is -2.26. The SMILES string of the molecule is Cc1cc(C(F)(F)F)cc(O)c1-c1ccc2cn(C[C@@H]3CC(=O)NC3(C)C)nc2n1. The van der Waals surface area contributed by atoms with Gasteiger partial charge in [0.15, 0.2) is 5.65 Å². The summed E-state index contributed by atoms with van der Waals surface area (Å²) >= 11 is 0. The number of phenolic OH excluding ortho intramolecular Hbond substituents is 1. The van der Waals surface area contributed by atoms with Crippen molar-refractivity contribution in [3.8, 4) is 17.0 Å². The number of aromatic hydroxyl groups is 1.